The third-order valence-corrected chi connectivity index (χ3v) is 7.59. The molecule has 3 heterocycles. The van der Waals surface area contributed by atoms with Crippen molar-refractivity contribution in [2.45, 2.75) is 25.6 Å². The molecular formula is C26H28F4N4O2. The molecule has 10 heteroatoms. The van der Waals surface area contributed by atoms with Crippen molar-refractivity contribution >= 4 is 23.2 Å². The molecule has 0 aromatic heterocycles. The highest BCUT2D eigenvalue weighted by molar-refractivity contribution is 5.83. The first-order chi connectivity index (χ1) is 17.1. The predicted octanol–water partition coefficient (Wildman–Crippen LogP) is 3.40. The van der Waals surface area contributed by atoms with Crippen molar-refractivity contribution in [2.75, 3.05) is 55.6 Å². The lowest BCUT2D eigenvalue weighted by atomic mass is 9.82. The van der Waals surface area contributed by atoms with Gasteiger partial charge >= 0.3 is 6.18 Å². The third kappa shape index (κ3) is 4.49. The van der Waals surface area contributed by atoms with Gasteiger partial charge in [0.2, 0.25) is 11.8 Å². The average molecular weight is 505 g/mol. The van der Waals surface area contributed by atoms with E-state index in [4.69, 9.17) is 0 Å². The highest BCUT2D eigenvalue weighted by Crippen LogP contribution is 2.41. The van der Waals surface area contributed by atoms with Crippen LogP contribution in [0.4, 0.5) is 28.9 Å². The topological polar surface area (TPSA) is 47.1 Å². The van der Waals surface area contributed by atoms with Crippen LogP contribution in [-0.4, -0.2) is 73.5 Å². The Balaban J connectivity index is 1.46. The second-order valence-electron chi connectivity index (χ2n) is 9.64. The van der Waals surface area contributed by atoms with Gasteiger partial charge in [0.25, 0.3) is 0 Å². The van der Waals surface area contributed by atoms with Gasteiger partial charge in [-0.2, -0.15) is 13.2 Å². The summed E-state index contributed by atoms with van der Waals surface area (Å²) in [5, 5.41) is 0. The SMILES string of the molecule is CC(=O)N1CCN(C(=O)[C@H]2Cc3cc(C(F)(F)F)ccc3N3CCN(c4ccccc4F)C[C@H]23)CC1. The zero-order valence-corrected chi connectivity index (χ0v) is 20.0. The number of amides is 2. The molecule has 0 N–H and O–H groups in total. The Labute approximate surface area is 207 Å². The van der Waals surface area contributed by atoms with Gasteiger partial charge in [0.15, 0.2) is 0 Å². The Kier molecular flexibility index (Phi) is 6.30. The number of para-hydroxylation sites is 1. The smallest absolute Gasteiger partial charge is 0.365 e. The van der Waals surface area contributed by atoms with Crippen LogP contribution in [0.25, 0.3) is 0 Å². The minimum absolute atomic E-state index is 0.0487. The summed E-state index contributed by atoms with van der Waals surface area (Å²) < 4.78 is 54.9. The lowest BCUT2D eigenvalue weighted by Crippen LogP contribution is -2.62. The largest absolute Gasteiger partial charge is 0.416 e. The number of fused-ring (bicyclic) bond motifs is 3. The number of benzene rings is 2. The number of carbonyl (C=O) groups is 2. The minimum atomic E-state index is -4.47. The average Bonchev–Trinajstić information content (AvgIpc) is 2.87. The van der Waals surface area contributed by atoms with E-state index in [1.807, 2.05) is 9.80 Å². The van der Waals surface area contributed by atoms with Gasteiger partial charge in [-0.1, -0.05) is 12.1 Å². The number of alkyl halides is 3. The molecule has 5 rings (SSSR count). The van der Waals surface area contributed by atoms with Crippen molar-refractivity contribution in [3.05, 3.63) is 59.4 Å². The number of hydrogen-bond acceptors (Lipinski definition) is 4. The van der Waals surface area contributed by atoms with Crippen LogP contribution in [0.5, 0.6) is 0 Å². The molecule has 0 unspecified atom stereocenters. The highest BCUT2D eigenvalue weighted by atomic mass is 19.4. The van der Waals surface area contributed by atoms with Gasteiger partial charge in [0.05, 0.1) is 23.2 Å². The Hall–Kier alpha value is -3.30. The quantitative estimate of drug-likeness (QED) is 0.589. The van der Waals surface area contributed by atoms with Crippen LogP contribution < -0.4 is 9.80 Å². The Morgan fingerprint density at radius 1 is 0.889 bits per heavy atom. The minimum Gasteiger partial charge on any atom is -0.365 e. The summed E-state index contributed by atoms with van der Waals surface area (Å²) in [6.07, 6.45) is -4.30. The normalized spacial score (nSPS) is 22.2. The van der Waals surface area contributed by atoms with Gasteiger partial charge < -0.3 is 19.6 Å². The van der Waals surface area contributed by atoms with Crippen LogP contribution in [0.2, 0.25) is 0 Å². The number of nitrogens with zero attached hydrogens (tertiary/aromatic N) is 4. The fraction of sp³-hybridized carbons (Fsp3) is 0.462. The molecule has 0 saturated carbocycles. The standard InChI is InChI=1S/C26H28F4N4O2/c1-17(35)31-8-10-32(11-9-31)25(36)20-15-18-14-19(26(28,29)30)6-7-22(18)34-13-12-33(16-24(20)34)23-5-3-2-4-21(23)27/h2-7,14,20,24H,8-13,15-16H2,1H3/t20-,24+/m0/s1. The molecule has 0 radical (unpaired) electrons. The summed E-state index contributed by atoms with van der Waals surface area (Å²) >= 11 is 0. The van der Waals surface area contributed by atoms with Gasteiger partial charge in [0, 0.05) is 58.4 Å². The lowest BCUT2D eigenvalue weighted by Gasteiger charge is -2.50. The number of hydrogen-bond donors (Lipinski definition) is 0. The summed E-state index contributed by atoms with van der Waals surface area (Å²) in [6.45, 7) is 4.43. The van der Waals surface area contributed by atoms with E-state index in [0.717, 1.165) is 12.1 Å². The Morgan fingerprint density at radius 3 is 2.25 bits per heavy atom. The van der Waals surface area contributed by atoms with E-state index in [0.29, 0.717) is 62.8 Å². The van der Waals surface area contributed by atoms with Crippen LogP contribution >= 0.6 is 0 Å². The van der Waals surface area contributed by atoms with Crippen LogP contribution in [0.3, 0.4) is 0 Å². The monoisotopic (exact) mass is 504 g/mol. The zero-order chi connectivity index (χ0) is 25.6. The van der Waals surface area contributed by atoms with Crippen molar-refractivity contribution in [3.8, 4) is 0 Å². The second kappa shape index (κ2) is 9.29. The molecule has 2 atom stereocenters. The summed E-state index contributed by atoms with van der Waals surface area (Å²) in [4.78, 5) is 32.8. The van der Waals surface area contributed by atoms with E-state index in [9.17, 15) is 27.2 Å². The van der Waals surface area contributed by atoms with Gasteiger partial charge in [-0.05, 0) is 42.3 Å². The van der Waals surface area contributed by atoms with Crippen molar-refractivity contribution in [1.82, 2.24) is 9.80 Å². The van der Waals surface area contributed by atoms with E-state index in [-0.39, 0.29) is 30.1 Å². The predicted molar refractivity (Wildman–Crippen MR) is 127 cm³/mol. The highest BCUT2D eigenvalue weighted by Gasteiger charge is 2.44. The maximum absolute atomic E-state index is 14.6. The zero-order valence-electron chi connectivity index (χ0n) is 20.0. The van der Waals surface area contributed by atoms with Crippen molar-refractivity contribution in [3.63, 3.8) is 0 Å². The molecule has 36 heavy (non-hydrogen) atoms. The Morgan fingerprint density at radius 2 is 1.58 bits per heavy atom. The van der Waals surface area contributed by atoms with E-state index >= 15 is 0 Å². The summed E-state index contributed by atoms with van der Waals surface area (Å²) in [5.41, 5.74) is 0.926. The number of rotatable bonds is 2. The van der Waals surface area contributed by atoms with E-state index in [2.05, 4.69) is 0 Å². The van der Waals surface area contributed by atoms with Crippen LogP contribution in [0.15, 0.2) is 42.5 Å². The fourth-order valence-electron chi connectivity index (χ4n) is 5.69. The van der Waals surface area contributed by atoms with Gasteiger partial charge in [0.1, 0.15) is 5.82 Å². The van der Waals surface area contributed by atoms with Crippen LogP contribution in [0.1, 0.15) is 18.1 Å². The number of carbonyl (C=O) groups excluding carboxylic acids is 2. The van der Waals surface area contributed by atoms with Crippen LogP contribution in [-0.2, 0) is 22.2 Å². The maximum Gasteiger partial charge on any atom is 0.416 e. The van der Waals surface area contributed by atoms with E-state index in [1.165, 1.54) is 19.1 Å². The van der Waals surface area contributed by atoms with E-state index < -0.39 is 17.7 Å². The van der Waals surface area contributed by atoms with Crippen molar-refractivity contribution in [1.29, 1.82) is 0 Å². The molecule has 2 aromatic carbocycles. The van der Waals surface area contributed by atoms with E-state index in [1.54, 1.807) is 28.0 Å². The molecule has 6 nitrogen and oxygen atoms in total. The number of halogens is 4. The molecule has 2 aromatic rings. The number of anilines is 2. The molecule has 0 bridgehead atoms. The first-order valence-electron chi connectivity index (χ1n) is 12.1. The second-order valence-corrected chi connectivity index (χ2v) is 9.64. The Bertz CT molecular complexity index is 1160. The molecule has 2 saturated heterocycles. The van der Waals surface area contributed by atoms with Gasteiger partial charge in [-0.25, -0.2) is 4.39 Å². The summed E-state index contributed by atoms with van der Waals surface area (Å²) in [5.74, 6) is -1.11. The molecule has 0 aliphatic carbocycles. The molecule has 2 amide bonds. The summed E-state index contributed by atoms with van der Waals surface area (Å²) in [7, 11) is 0. The lowest BCUT2D eigenvalue weighted by molar-refractivity contribution is -0.142. The molecule has 2 fully saturated rings. The fourth-order valence-corrected chi connectivity index (χ4v) is 5.69. The molecule has 192 valence electrons. The molecular weight excluding hydrogens is 476 g/mol. The summed E-state index contributed by atoms with van der Waals surface area (Å²) in [6, 6.07) is 9.90. The van der Waals surface area contributed by atoms with Crippen molar-refractivity contribution < 1.29 is 27.2 Å². The first-order valence-corrected chi connectivity index (χ1v) is 12.1. The first kappa shape index (κ1) is 24.4. The van der Waals surface area contributed by atoms with Crippen molar-refractivity contribution in [2.24, 2.45) is 5.92 Å². The number of piperazine rings is 2. The third-order valence-electron chi connectivity index (χ3n) is 7.59. The van der Waals surface area contributed by atoms with Gasteiger partial charge in [-0.15, -0.1) is 0 Å². The molecule has 3 aliphatic heterocycles. The van der Waals surface area contributed by atoms with Crippen LogP contribution in [0, 0.1) is 11.7 Å². The maximum atomic E-state index is 14.6. The molecule has 0 spiro atoms. The van der Waals surface area contributed by atoms with Gasteiger partial charge in [-0.3, -0.25) is 9.59 Å². The molecule has 3 aliphatic rings.